The van der Waals surface area contributed by atoms with Gasteiger partial charge in [0, 0.05) is 25.2 Å². The van der Waals surface area contributed by atoms with Gasteiger partial charge in [-0.1, -0.05) is 29.8 Å². The Labute approximate surface area is 166 Å². The van der Waals surface area contributed by atoms with E-state index in [0.717, 1.165) is 37.4 Å². The zero-order valence-corrected chi connectivity index (χ0v) is 16.2. The lowest BCUT2D eigenvalue weighted by molar-refractivity contribution is 0.246. The fourth-order valence-corrected chi connectivity index (χ4v) is 4.07. The molecule has 0 atom stereocenters. The maximum atomic E-state index is 12.2. The van der Waals surface area contributed by atoms with Gasteiger partial charge in [0.25, 0.3) is 0 Å². The first-order valence-corrected chi connectivity index (χ1v) is 10.1. The lowest BCUT2D eigenvalue weighted by Gasteiger charge is -2.32. The molecule has 2 amide bonds. The first-order chi connectivity index (χ1) is 13.2. The second kappa shape index (κ2) is 8.02. The number of H-pyrrole nitrogens is 1. The number of rotatable bonds is 4. The summed E-state index contributed by atoms with van der Waals surface area (Å²) in [6.07, 6.45) is 1.74. The van der Waals surface area contributed by atoms with Crippen LogP contribution in [0.15, 0.2) is 47.8 Å². The van der Waals surface area contributed by atoms with E-state index in [1.54, 1.807) is 23.5 Å². The van der Waals surface area contributed by atoms with Gasteiger partial charge in [0.15, 0.2) is 5.82 Å². The Morgan fingerprint density at radius 1 is 1.22 bits per heavy atom. The number of benzene rings is 1. The highest BCUT2D eigenvalue weighted by molar-refractivity contribution is 7.13. The summed E-state index contributed by atoms with van der Waals surface area (Å²) in [4.78, 5) is 15.6. The molecule has 4 rings (SSSR count). The minimum Gasteiger partial charge on any atom is -0.355 e. The van der Waals surface area contributed by atoms with E-state index < -0.39 is 0 Å². The molecule has 0 spiro atoms. The summed E-state index contributed by atoms with van der Waals surface area (Å²) in [6, 6.07) is 13.3. The number of carbonyl (C=O) groups is 1. The van der Waals surface area contributed by atoms with Crippen molar-refractivity contribution in [1.29, 1.82) is 0 Å². The molecule has 1 aromatic carbocycles. The second-order valence-electron chi connectivity index (χ2n) is 6.46. The Balaban J connectivity index is 1.29. The molecular formula is C19H20ClN5OS. The topological polar surface area (TPSA) is 73.1 Å². The van der Waals surface area contributed by atoms with Gasteiger partial charge in [0.05, 0.1) is 21.3 Å². The predicted molar refractivity (Wildman–Crippen MR) is 111 cm³/mol. The molecule has 0 bridgehead atoms. The zero-order valence-electron chi connectivity index (χ0n) is 14.6. The SMILES string of the molecule is O=C(Nc1ccccc1Cl)NC1CCN(c2cc(-c3cccs3)[nH]n2)CC1. The van der Waals surface area contributed by atoms with Gasteiger partial charge in [-0.05, 0) is 36.4 Å². The quantitative estimate of drug-likeness (QED) is 0.599. The second-order valence-corrected chi connectivity index (χ2v) is 7.81. The van der Waals surface area contributed by atoms with Crippen molar-refractivity contribution in [2.24, 2.45) is 0 Å². The van der Waals surface area contributed by atoms with Gasteiger partial charge in [-0.2, -0.15) is 5.10 Å². The molecule has 6 nitrogen and oxygen atoms in total. The Hall–Kier alpha value is -2.51. The molecule has 0 unspecified atom stereocenters. The highest BCUT2D eigenvalue weighted by Gasteiger charge is 2.22. The van der Waals surface area contributed by atoms with Crippen molar-refractivity contribution in [2.45, 2.75) is 18.9 Å². The molecule has 1 aliphatic rings. The average molecular weight is 402 g/mol. The fourth-order valence-electron chi connectivity index (χ4n) is 3.19. The van der Waals surface area contributed by atoms with Gasteiger partial charge in [-0.15, -0.1) is 11.3 Å². The number of carbonyl (C=O) groups excluding carboxylic acids is 1. The number of hydrogen-bond donors (Lipinski definition) is 3. The Morgan fingerprint density at radius 2 is 2.04 bits per heavy atom. The summed E-state index contributed by atoms with van der Waals surface area (Å²) in [5.41, 5.74) is 1.66. The highest BCUT2D eigenvalue weighted by atomic mass is 35.5. The molecule has 1 aliphatic heterocycles. The Kier molecular flexibility index (Phi) is 5.31. The number of aromatic amines is 1. The summed E-state index contributed by atoms with van der Waals surface area (Å²) in [5.74, 6) is 0.956. The van der Waals surface area contributed by atoms with Crippen LogP contribution < -0.4 is 15.5 Å². The van der Waals surface area contributed by atoms with Crippen LogP contribution in [0.1, 0.15) is 12.8 Å². The van der Waals surface area contributed by atoms with Crippen molar-refractivity contribution in [2.75, 3.05) is 23.3 Å². The van der Waals surface area contributed by atoms with Crippen LogP contribution >= 0.6 is 22.9 Å². The van der Waals surface area contributed by atoms with E-state index in [4.69, 9.17) is 11.6 Å². The van der Waals surface area contributed by atoms with E-state index in [2.05, 4.69) is 43.2 Å². The van der Waals surface area contributed by atoms with Crippen molar-refractivity contribution >= 4 is 40.5 Å². The molecule has 2 aromatic heterocycles. The number of halogens is 1. The lowest BCUT2D eigenvalue weighted by atomic mass is 10.1. The van der Waals surface area contributed by atoms with Gasteiger partial charge >= 0.3 is 6.03 Å². The first kappa shape index (κ1) is 17.9. The monoisotopic (exact) mass is 401 g/mol. The Morgan fingerprint density at radius 3 is 2.78 bits per heavy atom. The average Bonchev–Trinajstić information content (AvgIpc) is 3.36. The van der Waals surface area contributed by atoms with E-state index in [9.17, 15) is 4.79 Å². The third-order valence-corrected chi connectivity index (χ3v) is 5.86. The molecule has 0 radical (unpaired) electrons. The predicted octanol–water partition coefficient (Wildman–Crippen LogP) is 4.58. The van der Waals surface area contributed by atoms with E-state index >= 15 is 0 Å². The number of nitrogens with one attached hydrogen (secondary N) is 3. The van der Waals surface area contributed by atoms with Gasteiger partial charge in [0.2, 0.25) is 0 Å². The molecule has 3 N–H and O–H groups in total. The van der Waals surface area contributed by atoms with Crippen molar-refractivity contribution in [1.82, 2.24) is 15.5 Å². The van der Waals surface area contributed by atoms with Crippen molar-refractivity contribution in [3.63, 3.8) is 0 Å². The van der Waals surface area contributed by atoms with Gasteiger partial charge in [-0.25, -0.2) is 4.79 Å². The fraction of sp³-hybridized carbons (Fsp3) is 0.263. The molecular weight excluding hydrogens is 382 g/mol. The van der Waals surface area contributed by atoms with Gasteiger partial charge in [-0.3, -0.25) is 5.10 Å². The molecule has 140 valence electrons. The number of anilines is 2. The summed E-state index contributed by atoms with van der Waals surface area (Å²) in [5, 5.41) is 16.0. The largest absolute Gasteiger partial charge is 0.355 e. The minimum atomic E-state index is -0.221. The minimum absolute atomic E-state index is 0.138. The van der Waals surface area contributed by atoms with Crippen molar-refractivity contribution in [3.05, 3.63) is 52.9 Å². The smallest absolute Gasteiger partial charge is 0.319 e. The van der Waals surface area contributed by atoms with Crippen LogP contribution in [0.2, 0.25) is 5.02 Å². The van der Waals surface area contributed by atoms with E-state index in [0.29, 0.717) is 10.7 Å². The highest BCUT2D eigenvalue weighted by Crippen LogP contribution is 2.27. The van der Waals surface area contributed by atoms with Crippen molar-refractivity contribution < 1.29 is 4.79 Å². The third-order valence-electron chi connectivity index (χ3n) is 4.63. The number of amides is 2. The van der Waals surface area contributed by atoms with Crippen LogP contribution in [-0.4, -0.2) is 35.4 Å². The van der Waals surface area contributed by atoms with Crippen LogP contribution in [0.4, 0.5) is 16.3 Å². The Bertz CT molecular complexity index is 902. The molecule has 3 heterocycles. The zero-order chi connectivity index (χ0) is 18.6. The number of thiophene rings is 1. The van der Waals surface area contributed by atoms with Crippen LogP contribution in [-0.2, 0) is 0 Å². The number of nitrogens with zero attached hydrogens (tertiary/aromatic N) is 2. The number of hydrogen-bond acceptors (Lipinski definition) is 4. The summed E-state index contributed by atoms with van der Waals surface area (Å²) in [7, 11) is 0. The van der Waals surface area contributed by atoms with Crippen LogP contribution in [0, 0.1) is 0 Å². The van der Waals surface area contributed by atoms with Crippen LogP contribution in [0.3, 0.4) is 0 Å². The molecule has 0 aliphatic carbocycles. The summed E-state index contributed by atoms with van der Waals surface area (Å²) in [6.45, 7) is 1.71. The number of urea groups is 1. The van der Waals surface area contributed by atoms with E-state index in [1.165, 1.54) is 4.88 Å². The van der Waals surface area contributed by atoms with E-state index in [-0.39, 0.29) is 12.1 Å². The lowest BCUT2D eigenvalue weighted by Crippen LogP contribution is -2.46. The third kappa shape index (κ3) is 4.26. The maximum Gasteiger partial charge on any atom is 0.319 e. The standard InChI is InChI=1S/C19H20ClN5OS/c20-14-4-1-2-5-15(14)22-19(26)21-13-7-9-25(10-8-13)18-12-16(23-24-18)17-6-3-11-27-17/h1-6,11-13H,7-10H2,(H,23,24)(H2,21,22,26). The van der Waals surface area contributed by atoms with Crippen LogP contribution in [0.5, 0.6) is 0 Å². The number of piperidine rings is 1. The number of aromatic nitrogens is 2. The maximum absolute atomic E-state index is 12.2. The van der Waals surface area contributed by atoms with Gasteiger partial charge in [0.1, 0.15) is 0 Å². The van der Waals surface area contributed by atoms with Crippen molar-refractivity contribution in [3.8, 4) is 10.6 Å². The molecule has 1 saturated heterocycles. The number of para-hydroxylation sites is 1. The normalized spacial score (nSPS) is 14.9. The molecule has 0 saturated carbocycles. The van der Waals surface area contributed by atoms with Crippen LogP contribution in [0.25, 0.3) is 10.6 Å². The molecule has 1 fully saturated rings. The molecule has 3 aromatic rings. The first-order valence-electron chi connectivity index (χ1n) is 8.85. The summed E-state index contributed by atoms with van der Waals surface area (Å²) >= 11 is 7.77. The van der Waals surface area contributed by atoms with E-state index in [1.807, 2.05) is 18.2 Å². The molecule has 27 heavy (non-hydrogen) atoms. The van der Waals surface area contributed by atoms with Gasteiger partial charge < -0.3 is 15.5 Å². The summed E-state index contributed by atoms with van der Waals surface area (Å²) < 4.78 is 0. The molecule has 8 heteroatoms.